The van der Waals surface area contributed by atoms with E-state index in [4.69, 9.17) is 4.42 Å². The van der Waals surface area contributed by atoms with Gasteiger partial charge in [-0.3, -0.25) is 0 Å². The second kappa shape index (κ2) is 10.8. The van der Waals surface area contributed by atoms with Gasteiger partial charge in [0.1, 0.15) is 11.2 Å². The van der Waals surface area contributed by atoms with Gasteiger partial charge in [0.25, 0.3) is 0 Å². The monoisotopic (exact) mass is 645 g/mol. The average molecular weight is 646 g/mol. The Hall–Kier alpha value is -5.86. The molecule has 2 nitrogen and oxygen atoms in total. The second-order valence-electron chi connectivity index (χ2n) is 14.7. The maximum atomic E-state index is 6.41. The highest BCUT2D eigenvalue weighted by Crippen LogP contribution is 2.52. The summed E-state index contributed by atoms with van der Waals surface area (Å²) in [5.74, 6) is 0. The number of rotatable bonds is 6. The summed E-state index contributed by atoms with van der Waals surface area (Å²) in [5, 5.41) is 2.28. The molecule has 9 rings (SSSR count). The van der Waals surface area contributed by atoms with Gasteiger partial charge in [0.05, 0.1) is 0 Å². The quantitative estimate of drug-likeness (QED) is 0.179. The molecule has 0 radical (unpaired) electrons. The Balaban J connectivity index is 1.20. The summed E-state index contributed by atoms with van der Waals surface area (Å²) >= 11 is 0. The summed E-state index contributed by atoms with van der Waals surface area (Å²) in [6.45, 7) is 17.6. The zero-order valence-electron chi connectivity index (χ0n) is 29.0. The molecule has 0 bridgehead atoms. The van der Waals surface area contributed by atoms with Crippen LogP contribution in [0, 0.1) is 0 Å². The number of furan rings is 1. The van der Waals surface area contributed by atoms with Gasteiger partial charge >= 0.3 is 0 Å². The third-order valence-electron chi connectivity index (χ3n) is 11.3. The van der Waals surface area contributed by atoms with Crippen LogP contribution in [0.3, 0.4) is 0 Å². The van der Waals surface area contributed by atoms with Crippen LogP contribution in [0.2, 0.25) is 0 Å². The van der Waals surface area contributed by atoms with E-state index in [1.165, 1.54) is 44.5 Å². The molecule has 0 atom stereocenters. The third-order valence-corrected chi connectivity index (χ3v) is 11.3. The summed E-state index contributed by atoms with van der Waals surface area (Å²) in [4.78, 5) is 2.40. The Labute approximate surface area is 294 Å². The van der Waals surface area contributed by atoms with E-state index in [2.05, 4.69) is 161 Å². The number of benzene rings is 6. The zero-order chi connectivity index (χ0) is 34.4. The molecular formula is C48H39NO. The molecule has 50 heavy (non-hydrogen) atoms. The largest absolute Gasteiger partial charge is 0.455 e. The molecule has 0 aliphatic heterocycles. The summed E-state index contributed by atoms with van der Waals surface area (Å²) < 4.78 is 6.41. The highest BCUT2D eigenvalue weighted by Gasteiger charge is 2.37. The predicted molar refractivity (Wildman–Crippen MR) is 212 cm³/mol. The lowest BCUT2D eigenvalue weighted by molar-refractivity contribution is 0.654. The molecule has 0 saturated carbocycles. The van der Waals surface area contributed by atoms with Gasteiger partial charge in [0, 0.05) is 44.2 Å². The molecule has 2 heteroatoms. The molecule has 6 aromatic carbocycles. The molecule has 0 amide bonds. The van der Waals surface area contributed by atoms with Crippen molar-refractivity contribution in [2.45, 2.75) is 38.5 Å². The van der Waals surface area contributed by atoms with E-state index in [-0.39, 0.29) is 10.8 Å². The van der Waals surface area contributed by atoms with Crippen molar-refractivity contribution < 1.29 is 4.42 Å². The fourth-order valence-electron chi connectivity index (χ4n) is 8.68. The van der Waals surface area contributed by atoms with Gasteiger partial charge in [0.2, 0.25) is 0 Å². The SMILES string of the molecule is C=CC1=C(C=C)C(C)(C)c2cc(N(c3ccc(-c4cccc5c4oc4ccccc45)cc3)c3ccc4c(c3)C(C)(C)c3ccccc3-4)ccc21. The van der Waals surface area contributed by atoms with Gasteiger partial charge < -0.3 is 9.32 Å². The van der Waals surface area contributed by atoms with Gasteiger partial charge in [-0.15, -0.1) is 0 Å². The minimum absolute atomic E-state index is 0.107. The van der Waals surface area contributed by atoms with Gasteiger partial charge in [-0.2, -0.15) is 0 Å². The van der Waals surface area contributed by atoms with Crippen molar-refractivity contribution in [3.63, 3.8) is 0 Å². The topological polar surface area (TPSA) is 16.4 Å². The van der Waals surface area contributed by atoms with Crippen molar-refractivity contribution in [2.24, 2.45) is 0 Å². The summed E-state index contributed by atoms with van der Waals surface area (Å²) in [7, 11) is 0. The standard InChI is InChI=1S/C48H39NO/c1-7-34-37-26-24-32(28-43(37)47(3,4)41(34)8-2)49(33-25-27-38-36-14-9-11-18-42(36)48(5,6)44(38)29-33)31-22-20-30(21-23-31)35-16-13-17-40-39-15-10-12-19-45(39)50-46(35)40/h7-29H,1-2H2,3-6H3. The number of fused-ring (bicyclic) bond motifs is 7. The van der Waals surface area contributed by atoms with Crippen molar-refractivity contribution >= 4 is 44.6 Å². The molecule has 1 aromatic heterocycles. The molecule has 242 valence electrons. The average Bonchev–Trinajstić information content (AvgIpc) is 3.71. The van der Waals surface area contributed by atoms with E-state index in [0.29, 0.717) is 0 Å². The molecule has 0 N–H and O–H groups in total. The molecule has 7 aromatic rings. The van der Waals surface area contributed by atoms with E-state index in [0.717, 1.165) is 50.1 Å². The maximum Gasteiger partial charge on any atom is 0.143 e. The lowest BCUT2D eigenvalue weighted by Gasteiger charge is -2.30. The highest BCUT2D eigenvalue weighted by molar-refractivity contribution is 6.09. The normalized spacial score (nSPS) is 15.2. The Morgan fingerprint density at radius 2 is 1.12 bits per heavy atom. The van der Waals surface area contributed by atoms with Crippen LogP contribution in [0.15, 0.2) is 163 Å². The number of hydrogen-bond donors (Lipinski definition) is 0. The van der Waals surface area contributed by atoms with E-state index in [1.54, 1.807) is 0 Å². The molecule has 0 spiro atoms. The van der Waals surface area contributed by atoms with Crippen LogP contribution < -0.4 is 4.90 Å². The first-order valence-corrected chi connectivity index (χ1v) is 17.4. The second-order valence-corrected chi connectivity index (χ2v) is 14.7. The summed E-state index contributed by atoms with van der Waals surface area (Å²) in [6.07, 6.45) is 3.97. The smallest absolute Gasteiger partial charge is 0.143 e. The number of para-hydroxylation sites is 2. The fourth-order valence-corrected chi connectivity index (χ4v) is 8.68. The first-order valence-electron chi connectivity index (χ1n) is 17.4. The number of hydrogen-bond acceptors (Lipinski definition) is 2. The maximum absolute atomic E-state index is 6.41. The van der Waals surface area contributed by atoms with Crippen LogP contribution in [0.1, 0.15) is 49.9 Å². The third kappa shape index (κ3) is 4.21. The van der Waals surface area contributed by atoms with Gasteiger partial charge in [-0.1, -0.05) is 138 Å². The summed E-state index contributed by atoms with van der Waals surface area (Å²) in [5.41, 5.74) is 17.3. The van der Waals surface area contributed by atoms with Crippen molar-refractivity contribution in [1.29, 1.82) is 0 Å². The van der Waals surface area contributed by atoms with E-state index in [1.807, 2.05) is 24.3 Å². The molecule has 0 fully saturated rings. The predicted octanol–water partition coefficient (Wildman–Crippen LogP) is 13.4. The Morgan fingerprint density at radius 3 is 1.86 bits per heavy atom. The minimum Gasteiger partial charge on any atom is -0.455 e. The van der Waals surface area contributed by atoms with Crippen LogP contribution >= 0.6 is 0 Å². The minimum atomic E-state index is -0.195. The van der Waals surface area contributed by atoms with Gasteiger partial charge in [-0.05, 0) is 92.6 Å². The number of anilines is 3. The van der Waals surface area contributed by atoms with Crippen LogP contribution in [-0.2, 0) is 10.8 Å². The van der Waals surface area contributed by atoms with Crippen molar-refractivity contribution in [3.8, 4) is 22.3 Å². The molecule has 2 aliphatic rings. The molecule has 0 saturated heterocycles. The van der Waals surface area contributed by atoms with Crippen LogP contribution in [-0.4, -0.2) is 0 Å². The van der Waals surface area contributed by atoms with Crippen LogP contribution in [0.5, 0.6) is 0 Å². The summed E-state index contributed by atoms with van der Waals surface area (Å²) in [6, 6.07) is 46.3. The lowest BCUT2D eigenvalue weighted by atomic mass is 9.81. The molecular weight excluding hydrogens is 607 g/mol. The van der Waals surface area contributed by atoms with Gasteiger partial charge in [-0.25, -0.2) is 0 Å². The van der Waals surface area contributed by atoms with Crippen molar-refractivity contribution in [1.82, 2.24) is 0 Å². The van der Waals surface area contributed by atoms with Crippen molar-refractivity contribution in [2.75, 3.05) is 4.90 Å². The Kier molecular flexibility index (Phi) is 6.54. The Bertz CT molecular complexity index is 2570. The van der Waals surface area contributed by atoms with Crippen molar-refractivity contribution in [3.05, 3.63) is 181 Å². The fraction of sp³-hybridized carbons (Fsp3) is 0.125. The van der Waals surface area contributed by atoms with E-state index >= 15 is 0 Å². The number of nitrogens with zero attached hydrogens (tertiary/aromatic N) is 1. The molecule has 0 unspecified atom stereocenters. The molecule has 1 heterocycles. The first kappa shape index (κ1) is 30.2. The lowest BCUT2D eigenvalue weighted by Crippen LogP contribution is -2.18. The van der Waals surface area contributed by atoms with Gasteiger partial charge in [0.15, 0.2) is 0 Å². The first-order chi connectivity index (χ1) is 24.2. The highest BCUT2D eigenvalue weighted by atomic mass is 16.3. The van der Waals surface area contributed by atoms with Crippen LogP contribution in [0.25, 0.3) is 49.8 Å². The van der Waals surface area contributed by atoms with Crippen LogP contribution in [0.4, 0.5) is 17.1 Å². The number of allylic oxidation sites excluding steroid dienone is 4. The van der Waals surface area contributed by atoms with E-state index in [9.17, 15) is 0 Å². The molecule has 2 aliphatic carbocycles. The van der Waals surface area contributed by atoms with E-state index < -0.39 is 0 Å². The Morgan fingerprint density at radius 1 is 0.520 bits per heavy atom. The zero-order valence-corrected chi connectivity index (χ0v) is 29.0.